The average Bonchev–Trinajstić information content (AvgIpc) is 2.89. The molecule has 1 unspecified atom stereocenters. The zero-order chi connectivity index (χ0) is 26.3. The van der Waals surface area contributed by atoms with Gasteiger partial charge in [-0.05, 0) is 43.5 Å². The Morgan fingerprint density at radius 3 is 2.00 bits per heavy atom. The van der Waals surface area contributed by atoms with Crippen LogP contribution in [0.4, 0.5) is 4.79 Å². The fourth-order valence-corrected chi connectivity index (χ4v) is 4.71. The normalized spacial score (nSPS) is 15.3. The molecule has 1 N–H and O–H groups in total. The Labute approximate surface area is 219 Å². The first-order valence-electron chi connectivity index (χ1n) is 12.8. The van der Waals surface area contributed by atoms with Crippen LogP contribution in [0.5, 0.6) is 0 Å². The first-order chi connectivity index (χ1) is 17.8. The molecule has 194 valence electrons. The first-order valence-corrected chi connectivity index (χ1v) is 12.8. The molecule has 0 bridgehead atoms. The number of aromatic nitrogens is 1. The third kappa shape index (κ3) is 7.40. The summed E-state index contributed by atoms with van der Waals surface area (Å²) in [7, 11) is 0. The van der Waals surface area contributed by atoms with Gasteiger partial charge in [-0.15, -0.1) is 0 Å². The van der Waals surface area contributed by atoms with Crippen LogP contribution < -0.4 is 5.32 Å². The van der Waals surface area contributed by atoms with Crippen molar-refractivity contribution in [1.82, 2.24) is 20.1 Å². The zero-order valence-corrected chi connectivity index (χ0v) is 21.8. The van der Waals surface area contributed by atoms with Crippen molar-refractivity contribution in [3.63, 3.8) is 0 Å². The van der Waals surface area contributed by atoms with Crippen molar-refractivity contribution >= 4 is 12.0 Å². The second kappa shape index (κ2) is 12.0. The molecule has 1 saturated heterocycles. The highest BCUT2D eigenvalue weighted by Gasteiger charge is 2.32. The Hall–Kier alpha value is -3.71. The minimum atomic E-state index is -0.732. The van der Waals surface area contributed by atoms with Gasteiger partial charge in [0.1, 0.15) is 11.6 Å². The molecule has 0 spiro atoms. The summed E-state index contributed by atoms with van der Waals surface area (Å²) < 4.78 is 5.45. The van der Waals surface area contributed by atoms with Gasteiger partial charge in [0.2, 0.25) is 5.91 Å². The number of benzene rings is 2. The lowest BCUT2D eigenvalue weighted by molar-refractivity contribution is -0.135. The number of amides is 2. The minimum absolute atomic E-state index is 0.106. The molecule has 3 aromatic rings. The van der Waals surface area contributed by atoms with Crippen molar-refractivity contribution in [3.05, 3.63) is 102 Å². The number of hydrogen-bond acceptors (Lipinski definition) is 5. The molecule has 0 saturated carbocycles. The van der Waals surface area contributed by atoms with E-state index in [2.05, 4.69) is 63.7 Å². The van der Waals surface area contributed by atoms with Gasteiger partial charge in [0.05, 0.1) is 6.04 Å². The second-order valence-corrected chi connectivity index (χ2v) is 10.3. The summed E-state index contributed by atoms with van der Waals surface area (Å²) >= 11 is 0. The highest BCUT2D eigenvalue weighted by Crippen LogP contribution is 2.29. The Balaban J connectivity index is 1.47. The number of alkyl carbamates (subject to hydrolysis) is 1. The number of carbonyl (C=O) groups is 2. The minimum Gasteiger partial charge on any atom is -0.444 e. The van der Waals surface area contributed by atoms with Gasteiger partial charge in [0, 0.05) is 45.0 Å². The van der Waals surface area contributed by atoms with Crippen molar-refractivity contribution in [2.45, 2.75) is 44.9 Å². The summed E-state index contributed by atoms with van der Waals surface area (Å²) in [6.45, 7) is 8.03. The van der Waals surface area contributed by atoms with Crippen LogP contribution in [0.2, 0.25) is 0 Å². The molecule has 1 fully saturated rings. The third-order valence-corrected chi connectivity index (χ3v) is 6.37. The summed E-state index contributed by atoms with van der Waals surface area (Å²) in [6.07, 6.45) is 3.17. The van der Waals surface area contributed by atoms with E-state index < -0.39 is 17.7 Å². The van der Waals surface area contributed by atoms with Crippen LogP contribution in [0.25, 0.3) is 0 Å². The number of nitrogens with zero attached hydrogens (tertiary/aromatic N) is 3. The zero-order valence-electron chi connectivity index (χ0n) is 21.8. The van der Waals surface area contributed by atoms with Crippen molar-refractivity contribution in [1.29, 1.82) is 0 Å². The van der Waals surface area contributed by atoms with Crippen molar-refractivity contribution < 1.29 is 14.3 Å². The monoisotopic (exact) mass is 500 g/mol. The summed E-state index contributed by atoms with van der Waals surface area (Å²) in [5.41, 5.74) is 2.69. The molecule has 4 rings (SSSR count). The van der Waals surface area contributed by atoms with Gasteiger partial charge in [0.25, 0.3) is 0 Å². The summed E-state index contributed by atoms with van der Waals surface area (Å²) in [5, 5.41) is 2.81. The second-order valence-electron chi connectivity index (χ2n) is 10.3. The standard InChI is InChI=1S/C30H36N4O3/c1-30(2,3)37-29(36)32-26(21-23-11-10-16-31-22-23)28(35)34-19-17-33(18-20-34)27(24-12-6-4-7-13-24)25-14-8-5-9-15-25/h4-16,22,26-27H,17-21H2,1-3H3,(H,32,36). The van der Waals surface area contributed by atoms with E-state index >= 15 is 0 Å². The fraction of sp³-hybridized carbons (Fsp3) is 0.367. The highest BCUT2D eigenvalue weighted by atomic mass is 16.6. The number of nitrogens with one attached hydrogen (secondary N) is 1. The van der Waals surface area contributed by atoms with Gasteiger partial charge in [-0.25, -0.2) is 4.79 Å². The van der Waals surface area contributed by atoms with Crippen molar-refractivity contribution in [3.8, 4) is 0 Å². The molecule has 0 radical (unpaired) electrons. The molecule has 1 atom stereocenters. The molecule has 7 nitrogen and oxygen atoms in total. The molecule has 7 heteroatoms. The molecule has 2 aromatic carbocycles. The molecular formula is C30H36N4O3. The summed E-state index contributed by atoms with van der Waals surface area (Å²) in [4.78, 5) is 34.6. The Morgan fingerprint density at radius 2 is 1.49 bits per heavy atom. The first kappa shape index (κ1) is 26.4. The smallest absolute Gasteiger partial charge is 0.408 e. The maximum atomic E-state index is 13.6. The topological polar surface area (TPSA) is 74.8 Å². The molecule has 37 heavy (non-hydrogen) atoms. The molecule has 1 aromatic heterocycles. The van der Waals surface area contributed by atoms with E-state index in [-0.39, 0.29) is 11.9 Å². The Kier molecular flexibility index (Phi) is 8.56. The maximum Gasteiger partial charge on any atom is 0.408 e. The predicted octanol–water partition coefficient (Wildman–Crippen LogP) is 4.45. The van der Waals surface area contributed by atoms with Gasteiger partial charge in [0.15, 0.2) is 0 Å². The molecule has 1 aliphatic heterocycles. The maximum absolute atomic E-state index is 13.6. The van der Waals surface area contributed by atoms with E-state index in [1.807, 2.05) is 29.2 Å². The number of rotatable bonds is 7. The van der Waals surface area contributed by atoms with Gasteiger partial charge >= 0.3 is 6.09 Å². The van der Waals surface area contributed by atoms with Crippen LogP contribution in [-0.4, -0.2) is 64.6 Å². The summed E-state index contributed by atoms with van der Waals surface area (Å²) in [5.74, 6) is -0.106. The highest BCUT2D eigenvalue weighted by molar-refractivity contribution is 5.86. The Morgan fingerprint density at radius 1 is 0.892 bits per heavy atom. The van der Waals surface area contributed by atoms with Crippen molar-refractivity contribution in [2.24, 2.45) is 0 Å². The quantitative estimate of drug-likeness (QED) is 0.519. The molecule has 1 aliphatic rings. The van der Waals surface area contributed by atoms with E-state index in [1.165, 1.54) is 11.1 Å². The number of piperazine rings is 1. The lowest BCUT2D eigenvalue weighted by Crippen LogP contribution is -2.56. The average molecular weight is 501 g/mol. The van der Waals surface area contributed by atoms with E-state index in [4.69, 9.17) is 4.74 Å². The van der Waals surface area contributed by atoms with Gasteiger partial charge in [-0.3, -0.25) is 14.7 Å². The van der Waals surface area contributed by atoms with E-state index in [0.29, 0.717) is 19.5 Å². The van der Waals surface area contributed by atoms with Crippen LogP contribution in [0.15, 0.2) is 85.2 Å². The van der Waals surface area contributed by atoms with Gasteiger partial charge in [-0.2, -0.15) is 0 Å². The molecular weight excluding hydrogens is 464 g/mol. The fourth-order valence-electron chi connectivity index (χ4n) is 4.71. The lowest BCUT2D eigenvalue weighted by Gasteiger charge is -2.40. The number of hydrogen-bond donors (Lipinski definition) is 1. The van der Waals surface area contributed by atoms with Crippen LogP contribution in [0.1, 0.15) is 43.5 Å². The largest absolute Gasteiger partial charge is 0.444 e. The SMILES string of the molecule is CC(C)(C)OC(=O)NC(Cc1cccnc1)C(=O)N1CCN(C(c2ccccc2)c2ccccc2)CC1. The lowest BCUT2D eigenvalue weighted by atomic mass is 9.96. The van der Waals surface area contributed by atoms with Crippen LogP contribution in [-0.2, 0) is 16.0 Å². The number of ether oxygens (including phenoxy) is 1. The molecule has 2 amide bonds. The van der Waals surface area contributed by atoms with E-state index in [0.717, 1.165) is 18.7 Å². The van der Waals surface area contributed by atoms with Crippen LogP contribution in [0, 0.1) is 0 Å². The van der Waals surface area contributed by atoms with Crippen molar-refractivity contribution in [2.75, 3.05) is 26.2 Å². The van der Waals surface area contributed by atoms with Gasteiger partial charge in [-0.1, -0.05) is 66.7 Å². The third-order valence-electron chi connectivity index (χ3n) is 6.37. The molecule has 2 heterocycles. The number of pyridine rings is 1. The molecule has 0 aliphatic carbocycles. The number of carbonyl (C=O) groups excluding carboxylic acids is 2. The van der Waals surface area contributed by atoms with Crippen LogP contribution in [0.3, 0.4) is 0 Å². The predicted molar refractivity (Wildman–Crippen MR) is 144 cm³/mol. The van der Waals surface area contributed by atoms with E-state index in [1.54, 1.807) is 33.2 Å². The van der Waals surface area contributed by atoms with Gasteiger partial charge < -0.3 is 15.0 Å². The van der Waals surface area contributed by atoms with E-state index in [9.17, 15) is 9.59 Å². The Bertz CT molecular complexity index is 1100. The van der Waals surface area contributed by atoms with Crippen LogP contribution >= 0.6 is 0 Å². The summed E-state index contributed by atoms with van der Waals surface area (Å²) in [6, 6.07) is 24.1.